The van der Waals surface area contributed by atoms with Gasteiger partial charge in [-0.1, -0.05) is 26.8 Å². The predicted molar refractivity (Wildman–Crippen MR) is 150 cm³/mol. The van der Waals surface area contributed by atoms with Gasteiger partial charge in [-0.15, -0.1) is 17.0 Å². The van der Waals surface area contributed by atoms with Crippen LogP contribution < -0.4 is 9.64 Å². The highest BCUT2D eigenvalue weighted by molar-refractivity contribution is 8.93. The summed E-state index contributed by atoms with van der Waals surface area (Å²) < 4.78 is 5.90. The Morgan fingerprint density at radius 1 is 1.19 bits per heavy atom. The fourth-order valence-electron chi connectivity index (χ4n) is 5.31. The Morgan fingerprint density at radius 2 is 1.89 bits per heavy atom. The van der Waals surface area contributed by atoms with E-state index in [9.17, 15) is 10.1 Å². The second kappa shape index (κ2) is 10.4. The van der Waals surface area contributed by atoms with Crippen molar-refractivity contribution < 1.29 is 9.53 Å². The molecule has 7 nitrogen and oxygen atoms in total. The number of hydrogen-bond acceptors (Lipinski definition) is 6. The first-order valence-corrected chi connectivity index (χ1v) is 12.9. The molecule has 0 spiro atoms. The summed E-state index contributed by atoms with van der Waals surface area (Å²) in [6.45, 7) is 8.57. The Hall–Kier alpha value is -2.92. The summed E-state index contributed by atoms with van der Waals surface area (Å²) in [6.07, 6.45) is 3.96. The highest BCUT2D eigenvalue weighted by Crippen LogP contribution is 2.42. The Kier molecular flexibility index (Phi) is 7.66. The lowest BCUT2D eigenvalue weighted by atomic mass is 9.84. The number of amidine groups is 1. The number of fused-ring (bicyclic) bond motifs is 1. The molecule has 0 unspecified atom stereocenters. The van der Waals surface area contributed by atoms with Gasteiger partial charge in [0, 0.05) is 53.9 Å². The fraction of sp³-hybridized carbons (Fsp3) is 0.517. The maximum atomic E-state index is 13.6. The van der Waals surface area contributed by atoms with Crippen LogP contribution >= 0.6 is 17.0 Å². The van der Waals surface area contributed by atoms with Gasteiger partial charge in [0.05, 0.1) is 25.4 Å². The molecule has 1 aliphatic carbocycles. The van der Waals surface area contributed by atoms with Gasteiger partial charge in [0.25, 0.3) is 0 Å². The molecule has 1 saturated carbocycles. The second-order valence-corrected chi connectivity index (χ2v) is 11.4. The van der Waals surface area contributed by atoms with Gasteiger partial charge in [-0.25, -0.2) is 4.98 Å². The Morgan fingerprint density at radius 3 is 2.49 bits per heavy atom. The molecule has 1 aromatic carbocycles. The van der Waals surface area contributed by atoms with Crippen molar-refractivity contribution in [2.45, 2.75) is 64.3 Å². The van der Waals surface area contributed by atoms with Crippen molar-refractivity contribution in [1.29, 1.82) is 10.7 Å². The third-order valence-corrected chi connectivity index (χ3v) is 7.65. The molecule has 3 aliphatic rings. The van der Waals surface area contributed by atoms with Gasteiger partial charge in [-0.3, -0.25) is 10.2 Å². The number of nitrogens with one attached hydrogen (secondary N) is 1. The molecule has 5 rings (SSSR count). The highest BCUT2D eigenvalue weighted by atomic mass is 79.9. The molecule has 2 fully saturated rings. The summed E-state index contributed by atoms with van der Waals surface area (Å²) in [4.78, 5) is 22.5. The van der Waals surface area contributed by atoms with E-state index in [0.29, 0.717) is 23.9 Å². The van der Waals surface area contributed by atoms with Crippen LogP contribution in [0.15, 0.2) is 24.3 Å². The lowest BCUT2D eigenvalue weighted by Gasteiger charge is -2.34. The molecule has 196 valence electrons. The first kappa shape index (κ1) is 27.1. The van der Waals surface area contributed by atoms with Crippen LogP contribution in [0, 0.1) is 22.7 Å². The predicted octanol–water partition coefficient (Wildman–Crippen LogP) is 5.61. The zero-order valence-electron chi connectivity index (χ0n) is 22.1. The monoisotopic (exact) mass is 565 g/mol. The Bertz CT molecular complexity index is 1250. The molecule has 2 aliphatic heterocycles. The van der Waals surface area contributed by atoms with Crippen molar-refractivity contribution in [2.75, 3.05) is 31.6 Å². The quantitative estimate of drug-likeness (QED) is 0.457. The molecule has 37 heavy (non-hydrogen) atoms. The van der Waals surface area contributed by atoms with E-state index in [4.69, 9.17) is 15.1 Å². The van der Waals surface area contributed by atoms with Crippen molar-refractivity contribution in [3.05, 3.63) is 52.3 Å². The zero-order valence-corrected chi connectivity index (χ0v) is 23.8. The van der Waals surface area contributed by atoms with Crippen LogP contribution in [0.25, 0.3) is 0 Å². The summed E-state index contributed by atoms with van der Waals surface area (Å²) in [5.41, 5.74) is 5.13. The third kappa shape index (κ3) is 5.38. The van der Waals surface area contributed by atoms with Crippen molar-refractivity contribution in [2.24, 2.45) is 5.92 Å². The van der Waals surface area contributed by atoms with Crippen molar-refractivity contribution in [3.8, 4) is 11.8 Å². The van der Waals surface area contributed by atoms with E-state index >= 15 is 0 Å². The van der Waals surface area contributed by atoms with Crippen LogP contribution in [0.2, 0.25) is 0 Å². The number of carbonyl (C=O) groups is 1. The summed E-state index contributed by atoms with van der Waals surface area (Å²) in [5.74, 6) is 1.73. The zero-order chi connectivity index (χ0) is 25.6. The second-order valence-electron chi connectivity index (χ2n) is 11.4. The largest absolute Gasteiger partial charge is 0.494 e. The SMILES string of the molecule is Br.COc1c(N2CCC(C#N)CC2)cc(C(=O)CN2Cc3ccc(C4CC4)nc3C2=N)cc1C(C)(C)C. The first-order chi connectivity index (χ1) is 17.2. The molecule has 0 radical (unpaired) electrons. The number of pyridine rings is 1. The molecule has 0 bridgehead atoms. The smallest absolute Gasteiger partial charge is 0.182 e. The van der Waals surface area contributed by atoms with Crippen LogP contribution in [-0.4, -0.2) is 48.2 Å². The number of aromatic nitrogens is 1. The topological polar surface area (TPSA) is 93.3 Å². The van der Waals surface area contributed by atoms with Crippen molar-refractivity contribution in [3.63, 3.8) is 0 Å². The number of benzene rings is 1. The number of piperidine rings is 1. The van der Waals surface area contributed by atoms with Gasteiger partial charge < -0.3 is 14.5 Å². The van der Waals surface area contributed by atoms with E-state index in [1.165, 1.54) is 12.8 Å². The van der Waals surface area contributed by atoms with Gasteiger partial charge in [0.1, 0.15) is 17.3 Å². The summed E-state index contributed by atoms with van der Waals surface area (Å²) in [5, 5.41) is 18.0. The summed E-state index contributed by atoms with van der Waals surface area (Å²) >= 11 is 0. The lowest BCUT2D eigenvalue weighted by molar-refractivity contribution is 0.0962. The Labute approximate surface area is 230 Å². The number of methoxy groups -OCH3 is 1. The first-order valence-electron chi connectivity index (χ1n) is 12.9. The van der Waals surface area contributed by atoms with E-state index in [-0.39, 0.29) is 40.6 Å². The van der Waals surface area contributed by atoms with E-state index < -0.39 is 0 Å². The van der Waals surface area contributed by atoms with E-state index in [1.807, 2.05) is 17.0 Å². The maximum absolute atomic E-state index is 13.6. The maximum Gasteiger partial charge on any atom is 0.182 e. The molecule has 0 amide bonds. The number of carbonyl (C=O) groups excluding carboxylic acids is 1. The number of hydrogen-bond donors (Lipinski definition) is 1. The standard InChI is InChI=1S/C29H35N5O2.BrH/c1-29(2,3)22-13-21(14-24(27(22)36-4)33-11-9-18(15-30)10-12-33)25(35)17-34-16-20-7-8-23(19-5-6-19)32-26(20)28(34)31;/h7-8,13-14,18-19,31H,5-6,9-12,16-17H2,1-4H3;1H. The lowest BCUT2D eigenvalue weighted by Crippen LogP contribution is -2.34. The van der Waals surface area contributed by atoms with Crippen LogP contribution in [0.3, 0.4) is 0 Å². The summed E-state index contributed by atoms with van der Waals surface area (Å²) in [6, 6.07) is 10.4. The number of nitriles is 1. The third-order valence-electron chi connectivity index (χ3n) is 7.65. The summed E-state index contributed by atoms with van der Waals surface area (Å²) in [7, 11) is 1.68. The molecule has 1 N–H and O–H groups in total. The minimum atomic E-state index is -0.221. The molecule has 1 saturated heterocycles. The number of nitrogens with zero attached hydrogens (tertiary/aromatic N) is 4. The van der Waals surface area contributed by atoms with Crippen LogP contribution in [0.5, 0.6) is 5.75 Å². The van der Waals surface area contributed by atoms with Crippen molar-refractivity contribution in [1.82, 2.24) is 9.88 Å². The van der Waals surface area contributed by atoms with Gasteiger partial charge in [0.2, 0.25) is 0 Å². The van der Waals surface area contributed by atoms with Gasteiger partial charge >= 0.3 is 0 Å². The number of Topliss-reactive ketones (excluding diaryl/α,β-unsaturated/α-hetero) is 1. The average molecular weight is 567 g/mol. The number of halogens is 1. The van der Waals surface area contributed by atoms with E-state index in [2.05, 4.69) is 43.9 Å². The molecule has 2 aromatic rings. The highest BCUT2D eigenvalue weighted by Gasteiger charge is 2.33. The minimum absolute atomic E-state index is 0. The van der Waals surface area contributed by atoms with Gasteiger partial charge in [-0.05, 0) is 49.3 Å². The average Bonchev–Trinajstić information content (AvgIpc) is 3.68. The molecule has 0 atom stereocenters. The molecule has 1 aromatic heterocycles. The molecule has 3 heterocycles. The van der Waals surface area contributed by atoms with Crippen LogP contribution in [-0.2, 0) is 12.0 Å². The van der Waals surface area contributed by atoms with E-state index in [0.717, 1.165) is 59.9 Å². The van der Waals surface area contributed by atoms with Crippen LogP contribution in [0.1, 0.15) is 85.2 Å². The molecule has 8 heteroatoms. The van der Waals surface area contributed by atoms with E-state index in [1.54, 1.807) is 7.11 Å². The minimum Gasteiger partial charge on any atom is -0.494 e. The number of anilines is 1. The molecular weight excluding hydrogens is 530 g/mol. The number of ketones is 1. The van der Waals surface area contributed by atoms with Crippen LogP contribution in [0.4, 0.5) is 5.69 Å². The number of ether oxygens (including phenoxy) is 1. The van der Waals surface area contributed by atoms with Crippen molar-refractivity contribution >= 4 is 34.3 Å². The number of rotatable bonds is 6. The molecular formula is C29H36BrN5O2. The Balaban J connectivity index is 0.00000320. The normalized spacial score (nSPS) is 17.8. The van der Waals surface area contributed by atoms with Gasteiger partial charge in [-0.2, -0.15) is 5.26 Å². The fourth-order valence-corrected chi connectivity index (χ4v) is 5.31. The van der Waals surface area contributed by atoms with Gasteiger partial charge in [0.15, 0.2) is 5.78 Å².